The van der Waals surface area contributed by atoms with Crippen molar-refractivity contribution in [3.8, 4) is 11.5 Å². The second-order valence-corrected chi connectivity index (χ2v) is 9.92. The molecule has 2 atom stereocenters. The molecule has 0 spiro atoms. The van der Waals surface area contributed by atoms with Gasteiger partial charge in [-0.15, -0.1) is 0 Å². The standard InChI is InChI=1S/C35H34N2O4/c1-40-29-20-25(18-27(32(29)36)34(38)23-14-8-4-9-15-23)31(22-12-6-3-7-13-22)26-19-28(33(37)30(21-26)41-2)35(39)24-16-10-5-11-17-24/h3-21,31,34-35,38-39H,36-37H2,1-2H3. The molecule has 0 saturated carbocycles. The summed E-state index contributed by atoms with van der Waals surface area (Å²) in [6.07, 6.45) is -1.92. The van der Waals surface area contributed by atoms with E-state index in [1.54, 1.807) is 14.2 Å². The molecule has 0 aliphatic rings. The largest absolute Gasteiger partial charge is 0.495 e. The Morgan fingerprint density at radius 1 is 0.488 bits per heavy atom. The van der Waals surface area contributed by atoms with Gasteiger partial charge >= 0.3 is 0 Å². The van der Waals surface area contributed by atoms with Gasteiger partial charge in [-0.25, -0.2) is 0 Å². The average Bonchev–Trinajstić information content (AvgIpc) is 3.03. The van der Waals surface area contributed by atoms with Crippen LogP contribution in [-0.2, 0) is 0 Å². The van der Waals surface area contributed by atoms with E-state index in [0.717, 1.165) is 27.8 Å². The summed E-state index contributed by atoms with van der Waals surface area (Å²) >= 11 is 0. The van der Waals surface area contributed by atoms with Crippen molar-refractivity contribution < 1.29 is 19.7 Å². The van der Waals surface area contributed by atoms with Crippen LogP contribution in [0.4, 0.5) is 11.4 Å². The molecule has 0 fully saturated rings. The van der Waals surface area contributed by atoms with E-state index in [4.69, 9.17) is 20.9 Å². The summed E-state index contributed by atoms with van der Waals surface area (Å²) in [7, 11) is 3.12. The number of benzene rings is 5. The zero-order chi connectivity index (χ0) is 28.9. The number of hydrogen-bond donors (Lipinski definition) is 4. The Hall–Kier alpha value is -4.78. The highest BCUT2D eigenvalue weighted by Gasteiger charge is 2.26. The van der Waals surface area contributed by atoms with Gasteiger partial charge in [-0.1, -0.05) is 91.0 Å². The highest BCUT2D eigenvalue weighted by Crippen LogP contribution is 2.43. The molecule has 6 nitrogen and oxygen atoms in total. The Balaban J connectivity index is 1.73. The number of nitrogens with two attached hydrogens (primary N) is 2. The van der Waals surface area contributed by atoms with Crippen LogP contribution in [-0.4, -0.2) is 24.4 Å². The second-order valence-electron chi connectivity index (χ2n) is 9.92. The molecule has 208 valence electrons. The number of rotatable bonds is 9. The monoisotopic (exact) mass is 546 g/mol. The molecule has 0 heterocycles. The predicted molar refractivity (Wildman–Crippen MR) is 163 cm³/mol. The fourth-order valence-corrected chi connectivity index (χ4v) is 5.32. The van der Waals surface area contributed by atoms with E-state index >= 15 is 0 Å². The van der Waals surface area contributed by atoms with Crippen LogP contribution >= 0.6 is 0 Å². The highest BCUT2D eigenvalue weighted by molar-refractivity contribution is 5.67. The molecule has 5 rings (SSSR count). The maximum atomic E-state index is 11.4. The molecular weight excluding hydrogens is 512 g/mol. The van der Waals surface area contributed by atoms with Crippen molar-refractivity contribution in [3.63, 3.8) is 0 Å². The third-order valence-electron chi connectivity index (χ3n) is 7.45. The molecule has 5 aromatic carbocycles. The van der Waals surface area contributed by atoms with Gasteiger partial charge < -0.3 is 31.2 Å². The summed E-state index contributed by atoms with van der Waals surface area (Å²) in [5.41, 5.74) is 19.0. The van der Waals surface area contributed by atoms with Crippen LogP contribution in [0.3, 0.4) is 0 Å². The van der Waals surface area contributed by atoms with Crippen molar-refractivity contribution in [2.75, 3.05) is 25.7 Å². The topological polar surface area (TPSA) is 111 Å². The minimum absolute atomic E-state index is 0.330. The van der Waals surface area contributed by atoms with E-state index in [2.05, 4.69) is 0 Å². The number of hydrogen-bond acceptors (Lipinski definition) is 6. The lowest BCUT2D eigenvalue weighted by Crippen LogP contribution is -2.12. The smallest absolute Gasteiger partial charge is 0.142 e. The van der Waals surface area contributed by atoms with Gasteiger partial charge in [-0.05, 0) is 52.1 Å². The summed E-state index contributed by atoms with van der Waals surface area (Å²) in [5, 5.41) is 22.8. The van der Waals surface area contributed by atoms with Crippen LogP contribution < -0.4 is 20.9 Å². The maximum absolute atomic E-state index is 11.4. The lowest BCUT2D eigenvalue weighted by Gasteiger charge is -2.25. The van der Waals surface area contributed by atoms with E-state index < -0.39 is 12.2 Å². The fourth-order valence-electron chi connectivity index (χ4n) is 5.32. The fraction of sp³-hybridized carbons (Fsp3) is 0.143. The first-order valence-corrected chi connectivity index (χ1v) is 13.4. The summed E-state index contributed by atoms with van der Waals surface area (Å²) < 4.78 is 11.4. The van der Waals surface area contributed by atoms with Gasteiger partial charge in [0, 0.05) is 17.0 Å². The van der Waals surface area contributed by atoms with Gasteiger partial charge in [-0.3, -0.25) is 0 Å². The van der Waals surface area contributed by atoms with Crippen molar-refractivity contribution in [1.29, 1.82) is 0 Å². The highest BCUT2D eigenvalue weighted by atomic mass is 16.5. The molecule has 6 heteroatoms. The maximum Gasteiger partial charge on any atom is 0.142 e. The predicted octanol–water partition coefficient (Wildman–Crippen LogP) is 6.21. The average molecular weight is 547 g/mol. The van der Waals surface area contributed by atoms with Crippen LogP contribution in [0.2, 0.25) is 0 Å². The van der Waals surface area contributed by atoms with Gasteiger partial charge in [-0.2, -0.15) is 0 Å². The first-order chi connectivity index (χ1) is 19.9. The van der Waals surface area contributed by atoms with Crippen LogP contribution in [0.5, 0.6) is 11.5 Å². The molecule has 6 N–H and O–H groups in total. The van der Waals surface area contributed by atoms with Gasteiger partial charge in [0.1, 0.15) is 23.7 Å². The Labute approximate surface area is 240 Å². The summed E-state index contributed by atoms with van der Waals surface area (Å²) in [6, 6.07) is 36.4. The third-order valence-corrected chi connectivity index (χ3v) is 7.45. The Morgan fingerprint density at radius 2 is 0.829 bits per heavy atom. The van der Waals surface area contributed by atoms with Crippen molar-refractivity contribution in [2.45, 2.75) is 18.1 Å². The molecule has 0 aromatic heterocycles. The molecule has 0 amide bonds. The van der Waals surface area contributed by atoms with Crippen LogP contribution in [0.1, 0.15) is 57.1 Å². The number of nitrogen functional groups attached to an aromatic ring is 2. The Kier molecular flexibility index (Phi) is 8.24. The minimum Gasteiger partial charge on any atom is -0.495 e. The van der Waals surface area contributed by atoms with E-state index in [0.29, 0.717) is 34.0 Å². The number of anilines is 2. The van der Waals surface area contributed by atoms with Crippen molar-refractivity contribution in [2.24, 2.45) is 0 Å². The van der Waals surface area contributed by atoms with Crippen molar-refractivity contribution in [3.05, 3.63) is 154 Å². The number of aliphatic hydroxyl groups is 2. The van der Waals surface area contributed by atoms with Crippen molar-refractivity contribution in [1.82, 2.24) is 0 Å². The summed E-state index contributed by atoms with van der Waals surface area (Å²) in [4.78, 5) is 0. The zero-order valence-electron chi connectivity index (χ0n) is 23.1. The SMILES string of the molecule is COc1cc(C(c2ccccc2)c2cc(OC)c(N)c(C(O)c3ccccc3)c2)cc(C(O)c2ccccc2)c1N. The first-order valence-electron chi connectivity index (χ1n) is 13.4. The van der Waals surface area contributed by atoms with Gasteiger partial charge in [0.25, 0.3) is 0 Å². The van der Waals surface area contributed by atoms with Gasteiger partial charge in [0.05, 0.1) is 25.6 Å². The molecule has 0 aliphatic heterocycles. The lowest BCUT2D eigenvalue weighted by molar-refractivity contribution is 0.220. The minimum atomic E-state index is -0.960. The molecule has 2 unspecified atom stereocenters. The van der Waals surface area contributed by atoms with E-state index in [9.17, 15) is 10.2 Å². The van der Waals surface area contributed by atoms with E-state index in [-0.39, 0.29) is 5.92 Å². The van der Waals surface area contributed by atoms with Gasteiger partial charge in [0.15, 0.2) is 0 Å². The van der Waals surface area contributed by atoms with Crippen LogP contribution in [0.25, 0.3) is 0 Å². The summed E-state index contributed by atoms with van der Waals surface area (Å²) in [5.74, 6) is 0.587. The first kappa shape index (κ1) is 27.8. The van der Waals surface area contributed by atoms with Crippen molar-refractivity contribution >= 4 is 11.4 Å². The van der Waals surface area contributed by atoms with Gasteiger partial charge in [0.2, 0.25) is 0 Å². The lowest BCUT2D eigenvalue weighted by atomic mass is 9.81. The zero-order valence-corrected chi connectivity index (χ0v) is 23.1. The molecular formula is C35H34N2O4. The Bertz CT molecular complexity index is 1510. The number of methoxy groups -OCH3 is 2. The molecule has 0 saturated heterocycles. The second kappa shape index (κ2) is 12.2. The quantitative estimate of drug-likeness (QED) is 0.129. The molecule has 0 bridgehead atoms. The number of ether oxygens (including phenoxy) is 2. The van der Waals surface area contributed by atoms with E-state index in [1.165, 1.54) is 0 Å². The Morgan fingerprint density at radius 3 is 1.17 bits per heavy atom. The summed E-state index contributed by atoms with van der Waals surface area (Å²) in [6.45, 7) is 0. The normalized spacial score (nSPS) is 13.3. The molecule has 41 heavy (non-hydrogen) atoms. The van der Waals surface area contributed by atoms with Crippen LogP contribution in [0.15, 0.2) is 115 Å². The molecule has 5 aromatic rings. The molecule has 0 radical (unpaired) electrons. The number of aliphatic hydroxyl groups excluding tert-OH is 2. The molecule has 0 aliphatic carbocycles. The third kappa shape index (κ3) is 5.61. The van der Waals surface area contributed by atoms with Crippen LogP contribution in [0, 0.1) is 0 Å². The van der Waals surface area contributed by atoms with E-state index in [1.807, 2.05) is 115 Å².